The maximum atomic E-state index is 12.4. The molecule has 0 radical (unpaired) electrons. The van der Waals surface area contributed by atoms with Crippen molar-refractivity contribution in [3.63, 3.8) is 0 Å². The number of aryl methyl sites for hydroxylation is 2. The van der Waals surface area contributed by atoms with Gasteiger partial charge in [-0.3, -0.25) is 18.8 Å². The first-order valence-electron chi connectivity index (χ1n) is 8.80. The summed E-state index contributed by atoms with van der Waals surface area (Å²) in [6, 6.07) is 6.01. The molecule has 0 saturated carbocycles. The number of rotatable bonds is 4. The summed E-state index contributed by atoms with van der Waals surface area (Å²) in [5.74, 6) is 0. The molecule has 0 spiro atoms. The van der Waals surface area contributed by atoms with Gasteiger partial charge in [-0.05, 0) is 50.4 Å². The Labute approximate surface area is 146 Å². The number of fused-ring (bicyclic) bond motifs is 1. The van der Waals surface area contributed by atoms with Crippen LogP contribution in [0.2, 0.25) is 0 Å². The van der Waals surface area contributed by atoms with Crippen LogP contribution in [0.15, 0.2) is 41.6 Å². The molecule has 4 rings (SSSR count). The average molecular weight is 337 g/mol. The maximum absolute atomic E-state index is 12.4. The highest BCUT2D eigenvalue weighted by molar-refractivity contribution is 5.39. The van der Waals surface area contributed by atoms with E-state index in [0.29, 0.717) is 18.2 Å². The quantitative estimate of drug-likeness (QED) is 0.732. The van der Waals surface area contributed by atoms with Gasteiger partial charge in [0.05, 0.1) is 18.4 Å². The van der Waals surface area contributed by atoms with E-state index in [-0.39, 0.29) is 5.56 Å². The zero-order chi connectivity index (χ0) is 17.4. The van der Waals surface area contributed by atoms with Crippen LogP contribution >= 0.6 is 0 Å². The summed E-state index contributed by atoms with van der Waals surface area (Å²) in [6.45, 7) is 6.68. The van der Waals surface area contributed by atoms with Crippen LogP contribution in [0.3, 0.4) is 0 Å². The van der Waals surface area contributed by atoms with Crippen molar-refractivity contribution in [1.82, 2.24) is 24.1 Å². The van der Waals surface area contributed by atoms with Crippen LogP contribution in [0.4, 0.5) is 0 Å². The fourth-order valence-corrected chi connectivity index (χ4v) is 3.64. The van der Waals surface area contributed by atoms with Gasteiger partial charge in [-0.15, -0.1) is 0 Å². The van der Waals surface area contributed by atoms with Crippen LogP contribution in [0.25, 0.3) is 5.65 Å². The van der Waals surface area contributed by atoms with Crippen LogP contribution in [0, 0.1) is 13.8 Å². The topological polar surface area (TPSA) is 55.4 Å². The van der Waals surface area contributed by atoms with Gasteiger partial charge in [0.25, 0.3) is 5.56 Å². The summed E-state index contributed by atoms with van der Waals surface area (Å²) >= 11 is 0. The SMILES string of the molecule is Cc1cnn(C[C@@H]2CCCN2Cc2cc(=O)n3cc(C)ccc3n2)c1. The molecule has 1 atom stereocenters. The Bertz CT molecular complexity index is 958. The second-order valence-electron chi connectivity index (χ2n) is 7.03. The Kier molecular flexibility index (Phi) is 4.13. The van der Waals surface area contributed by atoms with E-state index in [1.807, 2.05) is 36.1 Å². The van der Waals surface area contributed by atoms with Gasteiger partial charge in [0.15, 0.2) is 0 Å². The fourth-order valence-electron chi connectivity index (χ4n) is 3.64. The van der Waals surface area contributed by atoms with Gasteiger partial charge in [0.1, 0.15) is 5.65 Å². The molecule has 1 fully saturated rings. The second kappa shape index (κ2) is 6.44. The monoisotopic (exact) mass is 337 g/mol. The van der Waals surface area contributed by atoms with Gasteiger partial charge in [-0.2, -0.15) is 5.10 Å². The third-order valence-electron chi connectivity index (χ3n) is 4.88. The molecule has 25 heavy (non-hydrogen) atoms. The second-order valence-corrected chi connectivity index (χ2v) is 7.03. The molecule has 0 bridgehead atoms. The fraction of sp³-hybridized carbons (Fsp3) is 0.421. The van der Waals surface area contributed by atoms with Crippen LogP contribution in [0.1, 0.15) is 29.7 Å². The van der Waals surface area contributed by atoms with Crippen molar-refractivity contribution in [2.24, 2.45) is 0 Å². The molecule has 3 aromatic rings. The van der Waals surface area contributed by atoms with Gasteiger partial charge in [0, 0.05) is 31.0 Å². The third kappa shape index (κ3) is 3.35. The van der Waals surface area contributed by atoms with Crippen LogP contribution < -0.4 is 5.56 Å². The highest BCUT2D eigenvalue weighted by atomic mass is 16.1. The molecule has 0 aliphatic carbocycles. The molecule has 4 heterocycles. The van der Waals surface area contributed by atoms with E-state index < -0.39 is 0 Å². The highest BCUT2D eigenvalue weighted by Gasteiger charge is 2.25. The molecule has 1 saturated heterocycles. The van der Waals surface area contributed by atoms with Crippen molar-refractivity contribution >= 4 is 5.65 Å². The molecule has 6 nitrogen and oxygen atoms in total. The molecule has 0 aromatic carbocycles. The number of hydrogen-bond donors (Lipinski definition) is 0. The lowest BCUT2D eigenvalue weighted by Gasteiger charge is -2.24. The molecule has 130 valence electrons. The Hall–Kier alpha value is -2.47. The van der Waals surface area contributed by atoms with Gasteiger partial charge >= 0.3 is 0 Å². The van der Waals surface area contributed by atoms with Crippen molar-refractivity contribution in [2.45, 2.75) is 45.8 Å². The number of likely N-dealkylation sites (tertiary alicyclic amines) is 1. The van der Waals surface area contributed by atoms with Gasteiger partial charge in [0.2, 0.25) is 0 Å². The standard InChI is InChI=1S/C19H23N5O/c1-14-5-6-18-21-16(8-19(25)24(18)11-14)12-22-7-3-4-17(22)13-23-10-15(2)9-20-23/h5-6,8-11,17H,3-4,7,12-13H2,1-2H3/t17-/m0/s1. The summed E-state index contributed by atoms with van der Waals surface area (Å²) in [6.07, 6.45) is 8.15. The number of hydrogen-bond acceptors (Lipinski definition) is 4. The largest absolute Gasteiger partial charge is 0.293 e. The molecule has 1 aliphatic heterocycles. The zero-order valence-corrected chi connectivity index (χ0v) is 14.7. The molecule has 6 heteroatoms. The first-order chi connectivity index (χ1) is 12.1. The van der Waals surface area contributed by atoms with E-state index in [1.54, 1.807) is 10.5 Å². The molecule has 0 N–H and O–H groups in total. The Morgan fingerprint density at radius 2 is 2.08 bits per heavy atom. The highest BCUT2D eigenvalue weighted by Crippen LogP contribution is 2.21. The summed E-state index contributed by atoms with van der Waals surface area (Å²) in [5, 5.41) is 4.41. The van der Waals surface area contributed by atoms with E-state index in [9.17, 15) is 4.79 Å². The molecular weight excluding hydrogens is 314 g/mol. The van der Waals surface area contributed by atoms with E-state index in [0.717, 1.165) is 30.8 Å². The summed E-state index contributed by atoms with van der Waals surface area (Å²) in [4.78, 5) is 19.5. The number of pyridine rings is 1. The normalized spacial score (nSPS) is 18.2. The predicted molar refractivity (Wildman–Crippen MR) is 96.6 cm³/mol. The first-order valence-corrected chi connectivity index (χ1v) is 8.80. The van der Waals surface area contributed by atoms with Crippen molar-refractivity contribution in [2.75, 3.05) is 6.54 Å². The lowest BCUT2D eigenvalue weighted by molar-refractivity contribution is 0.217. The van der Waals surface area contributed by atoms with E-state index in [1.165, 1.54) is 12.0 Å². The zero-order valence-electron chi connectivity index (χ0n) is 14.7. The minimum atomic E-state index is -0.0119. The molecule has 0 amide bonds. The van der Waals surface area contributed by atoms with Gasteiger partial charge < -0.3 is 0 Å². The minimum absolute atomic E-state index is 0.0119. The van der Waals surface area contributed by atoms with Gasteiger partial charge in [-0.25, -0.2) is 4.98 Å². The smallest absolute Gasteiger partial charge is 0.258 e. The van der Waals surface area contributed by atoms with Crippen LogP contribution in [0.5, 0.6) is 0 Å². The van der Waals surface area contributed by atoms with Crippen molar-refractivity contribution in [1.29, 1.82) is 0 Å². The molecule has 0 unspecified atom stereocenters. The Morgan fingerprint density at radius 1 is 1.20 bits per heavy atom. The average Bonchev–Trinajstić information content (AvgIpc) is 3.18. The Balaban J connectivity index is 1.55. The van der Waals surface area contributed by atoms with E-state index >= 15 is 0 Å². The van der Waals surface area contributed by atoms with E-state index in [4.69, 9.17) is 0 Å². The summed E-state index contributed by atoms with van der Waals surface area (Å²) in [7, 11) is 0. The van der Waals surface area contributed by atoms with Crippen molar-refractivity contribution < 1.29 is 0 Å². The molecule has 1 aliphatic rings. The minimum Gasteiger partial charge on any atom is -0.293 e. The van der Waals surface area contributed by atoms with Crippen molar-refractivity contribution in [3.05, 3.63) is 64.0 Å². The van der Waals surface area contributed by atoms with Gasteiger partial charge in [-0.1, -0.05) is 6.07 Å². The third-order valence-corrected chi connectivity index (χ3v) is 4.88. The van der Waals surface area contributed by atoms with E-state index in [2.05, 4.69) is 28.1 Å². The first kappa shape index (κ1) is 16.0. The predicted octanol–water partition coefficient (Wildman–Crippen LogP) is 2.17. The lowest BCUT2D eigenvalue weighted by Crippen LogP contribution is -2.33. The molecule has 3 aromatic heterocycles. The van der Waals surface area contributed by atoms with Crippen molar-refractivity contribution in [3.8, 4) is 0 Å². The maximum Gasteiger partial charge on any atom is 0.258 e. The number of nitrogens with zero attached hydrogens (tertiary/aromatic N) is 5. The summed E-state index contributed by atoms with van der Waals surface area (Å²) in [5.41, 5.74) is 3.79. The van der Waals surface area contributed by atoms with Crippen LogP contribution in [-0.2, 0) is 13.1 Å². The molecular formula is C19H23N5O. The summed E-state index contributed by atoms with van der Waals surface area (Å²) < 4.78 is 3.64. The Morgan fingerprint density at radius 3 is 2.88 bits per heavy atom. The lowest BCUT2D eigenvalue weighted by atomic mass is 10.2. The number of aromatic nitrogens is 4. The van der Waals surface area contributed by atoms with Crippen LogP contribution in [-0.4, -0.2) is 36.7 Å².